The number of nitrogens with zero attached hydrogens (tertiary/aromatic N) is 2. The molecule has 0 bridgehead atoms. The summed E-state index contributed by atoms with van der Waals surface area (Å²) in [7, 11) is -2.37. The van der Waals surface area contributed by atoms with Crippen molar-refractivity contribution in [2.75, 3.05) is 10.0 Å². The number of anilines is 2. The SMILES string of the molecule is Cc1ccc(S(=O)(=O)Nc2cc(NC(=O)OC(C)(C)C)ccc2-c2cn(C)c(=O)cn2)cc1. The lowest BCUT2D eigenvalue weighted by Gasteiger charge is -2.20. The minimum Gasteiger partial charge on any atom is -0.444 e. The maximum atomic E-state index is 13.0. The molecule has 0 aliphatic heterocycles. The summed E-state index contributed by atoms with van der Waals surface area (Å²) in [5, 5.41) is 2.60. The summed E-state index contributed by atoms with van der Waals surface area (Å²) in [6.07, 6.45) is 1.98. The average molecular weight is 471 g/mol. The van der Waals surface area contributed by atoms with Crippen LogP contribution in [0, 0.1) is 6.92 Å². The van der Waals surface area contributed by atoms with Crippen molar-refractivity contribution < 1.29 is 17.9 Å². The Hall–Kier alpha value is -3.66. The number of carbonyl (C=O) groups is 1. The van der Waals surface area contributed by atoms with Crippen LogP contribution in [0.4, 0.5) is 16.2 Å². The fourth-order valence-corrected chi connectivity index (χ4v) is 3.98. The first kappa shape index (κ1) is 24.0. The van der Waals surface area contributed by atoms with E-state index in [4.69, 9.17) is 4.74 Å². The molecule has 0 spiro atoms. The fraction of sp³-hybridized carbons (Fsp3) is 0.261. The lowest BCUT2D eigenvalue weighted by Crippen LogP contribution is -2.27. The second-order valence-electron chi connectivity index (χ2n) is 8.53. The van der Waals surface area contributed by atoms with Gasteiger partial charge in [-0.1, -0.05) is 17.7 Å². The monoisotopic (exact) mass is 470 g/mol. The summed E-state index contributed by atoms with van der Waals surface area (Å²) in [5.74, 6) is 0. The highest BCUT2D eigenvalue weighted by Gasteiger charge is 2.20. The highest BCUT2D eigenvalue weighted by atomic mass is 32.2. The Balaban J connectivity index is 2.04. The highest BCUT2D eigenvalue weighted by Crippen LogP contribution is 2.31. The van der Waals surface area contributed by atoms with Gasteiger partial charge in [0.15, 0.2) is 0 Å². The third-order valence-corrected chi connectivity index (χ3v) is 5.88. The van der Waals surface area contributed by atoms with E-state index in [0.717, 1.165) is 11.8 Å². The molecule has 0 radical (unpaired) electrons. The number of aromatic nitrogens is 2. The molecule has 2 N–H and O–H groups in total. The molecule has 1 heterocycles. The Kier molecular flexibility index (Phi) is 6.59. The number of ether oxygens (including phenoxy) is 1. The smallest absolute Gasteiger partial charge is 0.412 e. The lowest BCUT2D eigenvalue weighted by atomic mass is 10.1. The van der Waals surface area contributed by atoms with Gasteiger partial charge in [0.1, 0.15) is 5.60 Å². The van der Waals surface area contributed by atoms with Gasteiger partial charge in [0.25, 0.3) is 15.6 Å². The van der Waals surface area contributed by atoms with Crippen LogP contribution < -0.4 is 15.6 Å². The first-order valence-corrected chi connectivity index (χ1v) is 11.6. The molecule has 3 rings (SSSR count). The van der Waals surface area contributed by atoms with Gasteiger partial charge in [0.05, 0.1) is 22.5 Å². The number of sulfonamides is 1. The van der Waals surface area contributed by atoms with E-state index in [2.05, 4.69) is 15.0 Å². The summed E-state index contributed by atoms with van der Waals surface area (Å²) in [6.45, 7) is 7.07. The Morgan fingerprint density at radius 1 is 1.09 bits per heavy atom. The molecule has 1 amide bonds. The van der Waals surface area contributed by atoms with Gasteiger partial charge in [-0.3, -0.25) is 14.8 Å². The van der Waals surface area contributed by atoms with Crippen LogP contribution in [0.15, 0.2) is 64.5 Å². The number of carbonyl (C=O) groups excluding carboxylic acids is 1. The standard InChI is InChI=1S/C23H26N4O5S/c1-15-6-9-17(10-7-15)33(30,31)26-19-12-16(25-22(29)32-23(2,3)4)8-11-18(19)20-14-27(5)21(28)13-24-20/h6-14,26H,1-5H3,(H,25,29). The van der Waals surface area contributed by atoms with Crippen LogP contribution in [-0.4, -0.2) is 29.7 Å². The molecule has 0 unspecified atom stereocenters. The molecular formula is C23H26N4O5S. The summed E-state index contributed by atoms with van der Waals surface area (Å²) in [4.78, 5) is 28.2. The zero-order chi connectivity index (χ0) is 24.4. The lowest BCUT2D eigenvalue weighted by molar-refractivity contribution is 0.0636. The second-order valence-corrected chi connectivity index (χ2v) is 10.2. The van der Waals surface area contributed by atoms with Crippen LogP contribution in [0.25, 0.3) is 11.3 Å². The molecule has 9 nitrogen and oxygen atoms in total. The van der Waals surface area contributed by atoms with Gasteiger partial charge < -0.3 is 9.30 Å². The van der Waals surface area contributed by atoms with Crippen LogP contribution in [0.2, 0.25) is 0 Å². The fourth-order valence-electron chi connectivity index (χ4n) is 2.91. The van der Waals surface area contributed by atoms with Crippen molar-refractivity contribution in [1.82, 2.24) is 9.55 Å². The van der Waals surface area contributed by atoms with E-state index in [1.165, 1.54) is 29.0 Å². The molecule has 0 saturated heterocycles. The normalized spacial score (nSPS) is 11.7. The second kappa shape index (κ2) is 9.07. The van der Waals surface area contributed by atoms with Crippen LogP contribution in [0.3, 0.4) is 0 Å². The molecule has 1 aromatic heterocycles. The quantitative estimate of drug-likeness (QED) is 0.584. The number of benzene rings is 2. The van der Waals surface area contributed by atoms with Crippen LogP contribution in [-0.2, 0) is 21.8 Å². The molecule has 0 aliphatic rings. The predicted molar refractivity (Wildman–Crippen MR) is 127 cm³/mol. The van der Waals surface area contributed by atoms with E-state index < -0.39 is 21.7 Å². The van der Waals surface area contributed by atoms with Crippen LogP contribution in [0.5, 0.6) is 0 Å². The molecule has 0 fully saturated rings. The molecule has 174 valence electrons. The Morgan fingerprint density at radius 2 is 1.76 bits per heavy atom. The number of amides is 1. The zero-order valence-electron chi connectivity index (χ0n) is 19.0. The molecule has 0 aliphatic carbocycles. The summed E-state index contributed by atoms with van der Waals surface area (Å²) >= 11 is 0. The molecule has 2 aromatic carbocycles. The van der Waals surface area contributed by atoms with Gasteiger partial charge in [-0.25, -0.2) is 18.2 Å². The maximum absolute atomic E-state index is 13.0. The van der Waals surface area contributed by atoms with Gasteiger partial charge in [-0.05, 0) is 58.0 Å². The van der Waals surface area contributed by atoms with Gasteiger partial charge in [-0.2, -0.15) is 0 Å². The molecule has 10 heteroatoms. The third-order valence-electron chi connectivity index (χ3n) is 4.49. The molecule has 0 atom stereocenters. The van der Waals surface area contributed by atoms with Gasteiger partial charge in [0, 0.05) is 24.5 Å². The number of nitrogens with one attached hydrogen (secondary N) is 2. The molecular weight excluding hydrogens is 444 g/mol. The maximum Gasteiger partial charge on any atom is 0.412 e. The highest BCUT2D eigenvalue weighted by molar-refractivity contribution is 7.92. The van der Waals surface area contributed by atoms with Gasteiger partial charge in [-0.15, -0.1) is 0 Å². The summed E-state index contributed by atoms with van der Waals surface area (Å²) in [6, 6.07) is 11.1. The van der Waals surface area contributed by atoms with Crippen molar-refractivity contribution in [2.24, 2.45) is 7.05 Å². The topological polar surface area (TPSA) is 119 Å². The van der Waals surface area contributed by atoms with Crippen molar-refractivity contribution in [1.29, 1.82) is 0 Å². The summed E-state index contributed by atoms with van der Waals surface area (Å²) < 4.78 is 35.3. The average Bonchev–Trinajstić information content (AvgIpc) is 2.69. The van der Waals surface area contributed by atoms with Crippen LogP contribution >= 0.6 is 0 Å². The predicted octanol–water partition coefficient (Wildman–Crippen LogP) is 3.90. The van der Waals surface area contributed by atoms with Gasteiger partial charge in [0.2, 0.25) is 0 Å². The van der Waals surface area contributed by atoms with Crippen molar-refractivity contribution in [3.63, 3.8) is 0 Å². The third kappa shape index (κ3) is 6.19. The first-order valence-electron chi connectivity index (χ1n) is 10.1. The van der Waals surface area contributed by atoms with Crippen molar-refractivity contribution in [3.8, 4) is 11.3 Å². The van der Waals surface area contributed by atoms with E-state index in [1.54, 1.807) is 52.1 Å². The Morgan fingerprint density at radius 3 is 2.36 bits per heavy atom. The number of rotatable bonds is 5. The molecule has 0 saturated carbocycles. The minimum absolute atomic E-state index is 0.0815. The Labute approximate surface area is 192 Å². The van der Waals surface area contributed by atoms with Crippen molar-refractivity contribution in [3.05, 3.63) is 70.8 Å². The number of aryl methyl sites for hydroxylation is 2. The number of hydrogen-bond donors (Lipinski definition) is 2. The van der Waals surface area contributed by atoms with E-state index in [0.29, 0.717) is 16.9 Å². The zero-order valence-corrected chi connectivity index (χ0v) is 19.9. The Bertz CT molecular complexity index is 1340. The van der Waals surface area contributed by atoms with E-state index in [1.807, 2.05) is 6.92 Å². The minimum atomic E-state index is -3.94. The molecule has 33 heavy (non-hydrogen) atoms. The van der Waals surface area contributed by atoms with E-state index in [9.17, 15) is 18.0 Å². The van der Waals surface area contributed by atoms with Gasteiger partial charge >= 0.3 is 6.09 Å². The van der Waals surface area contributed by atoms with Crippen molar-refractivity contribution >= 4 is 27.5 Å². The van der Waals surface area contributed by atoms with E-state index in [-0.39, 0.29) is 16.1 Å². The van der Waals surface area contributed by atoms with E-state index >= 15 is 0 Å². The number of hydrogen-bond acceptors (Lipinski definition) is 6. The molecule has 3 aromatic rings. The largest absolute Gasteiger partial charge is 0.444 e. The van der Waals surface area contributed by atoms with Crippen molar-refractivity contribution in [2.45, 2.75) is 38.2 Å². The first-order chi connectivity index (χ1) is 15.3. The van der Waals surface area contributed by atoms with Crippen LogP contribution in [0.1, 0.15) is 26.3 Å². The summed E-state index contributed by atoms with van der Waals surface area (Å²) in [5.41, 5.74) is 1.23.